The van der Waals surface area contributed by atoms with Crippen LogP contribution < -0.4 is 4.90 Å². The average Bonchev–Trinajstić information content (AvgIpc) is 3.60. The van der Waals surface area contributed by atoms with Crippen molar-refractivity contribution in [1.82, 2.24) is 29.7 Å². The highest BCUT2D eigenvalue weighted by Crippen LogP contribution is 2.35. The molecule has 1 amide bonds. The molecule has 11 nitrogen and oxygen atoms in total. The molecule has 1 fully saturated rings. The van der Waals surface area contributed by atoms with Gasteiger partial charge in [-0.1, -0.05) is 48.3 Å². The number of benzene rings is 2. The summed E-state index contributed by atoms with van der Waals surface area (Å²) >= 11 is 12.2. The van der Waals surface area contributed by atoms with Crippen molar-refractivity contribution >= 4 is 40.5 Å². The van der Waals surface area contributed by atoms with Crippen molar-refractivity contribution in [2.45, 2.75) is 39.9 Å². The Balaban J connectivity index is 1.21. The van der Waals surface area contributed by atoms with Crippen LogP contribution in [0.15, 0.2) is 48.8 Å². The molecule has 0 bridgehead atoms. The van der Waals surface area contributed by atoms with Crippen LogP contribution in [0.2, 0.25) is 10.0 Å². The van der Waals surface area contributed by atoms with Crippen molar-refractivity contribution in [3.05, 3.63) is 85.8 Å². The second kappa shape index (κ2) is 11.4. The number of carbonyl (C=O) groups excluding carboxylic acids is 1. The molecule has 0 N–H and O–H groups in total. The quantitative estimate of drug-likeness (QED) is 0.208. The summed E-state index contributed by atoms with van der Waals surface area (Å²) in [6.07, 6.45) is 4.66. The molecule has 2 aliphatic heterocycles. The van der Waals surface area contributed by atoms with Gasteiger partial charge >= 0.3 is 0 Å². The van der Waals surface area contributed by atoms with Crippen molar-refractivity contribution < 1.29 is 9.72 Å². The number of nitrogens with zero attached hydrogens (tertiary/aromatic N) is 8. The standard InChI is InChI=1S/C29H30Cl2N8O3/c1-18-9-19(2)14-36(13-18)26-6-4-21(11-27(26)39(41)42)29(40)35-7-8-38-28(17-35)22(12-32-38)25-16-37(34-33-25)15-20-3-5-23(30)24(31)10-20/h3-6,10-12,16,18-19H,7-9,13-15,17H2,1-2H3. The summed E-state index contributed by atoms with van der Waals surface area (Å²) in [5.74, 6) is 0.630. The van der Waals surface area contributed by atoms with Gasteiger partial charge in [0.05, 0.1) is 52.7 Å². The summed E-state index contributed by atoms with van der Waals surface area (Å²) in [6.45, 7) is 7.54. The Morgan fingerprint density at radius 1 is 1.07 bits per heavy atom. The highest BCUT2D eigenvalue weighted by molar-refractivity contribution is 6.42. The van der Waals surface area contributed by atoms with Crippen LogP contribution in [0.3, 0.4) is 0 Å². The third kappa shape index (κ3) is 5.58. The SMILES string of the molecule is CC1CC(C)CN(c2ccc(C(=O)N3CCn4ncc(-c5cn(Cc6ccc(Cl)c(Cl)c6)nn5)c4C3)cc2[N+](=O)[O-])C1. The number of nitro benzene ring substituents is 1. The Bertz CT molecular complexity index is 1660. The smallest absolute Gasteiger partial charge is 0.293 e. The van der Waals surface area contributed by atoms with Gasteiger partial charge in [-0.3, -0.25) is 19.6 Å². The number of carbonyl (C=O) groups is 1. The summed E-state index contributed by atoms with van der Waals surface area (Å²) < 4.78 is 3.57. The Kier molecular flexibility index (Phi) is 7.63. The number of hydrogen-bond donors (Lipinski definition) is 0. The normalized spacial score (nSPS) is 18.7. The van der Waals surface area contributed by atoms with E-state index in [-0.39, 0.29) is 16.5 Å². The molecule has 2 atom stereocenters. The summed E-state index contributed by atoms with van der Waals surface area (Å²) in [5, 5.41) is 26.1. The molecule has 1 saturated heterocycles. The van der Waals surface area contributed by atoms with Gasteiger partial charge in [-0.25, -0.2) is 4.68 Å². The van der Waals surface area contributed by atoms with E-state index in [1.54, 1.807) is 40.0 Å². The van der Waals surface area contributed by atoms with Gasteiger partial charge in [0.1, 0.15) is 11.4 Å². The molecule has 0 spiro atoms. The lowest BCUT2D eigenvalue weighted by Gasteiger charge is -2.36. The number of aromatic nitrogens is 5. The molecule has 2 unspecified atom stereocenters. The number of fused-ring (bicyclic) bond motifs is 1. The van der Waals surface area contributed by atoms with Crippen LogP contribution in [0.25, 0.3) is 11.3 Å². The van der Waals surface area contributed by atoms with Crippen molar-refractivity contribution in [3.8, 4) is 11.3 Å². The van der Waals surface area contributed by atoms with Crippen LogP contribution in [0.4, 0.5) is 11.4 Å². The Morgan fingerprint density at radius 3 is 2.60 bits per heavy atom. The molecule has 2 aromatic heterocycles. The second-order valence-electron chi connectivity index (χ2n) is 11.3. The molecule has 0 radical (unpaired) electrons. The third-order valence-electron chi connectivity index (χ3n) is 7.93. The maximum atomic E-state index is 13.6. The molecule has 13 heteroatoms. The second-order valence-corrected chi connectivity index (χ2v) is 12.1. The van der Waals surface area contributed by atoms with E-state index >= 15 is 0 Å². The number of hydrogen-bond acceptors (Lipinski definition) is 7. The van der Waals surface area contributed by atoms with Gasteiger partial charge in [-0.2, -0.15) is 5.10 Å². The van der Waals surface area contributed by atoms with Crippen molar-refractivity contribution in [2.75, 3.05) is 24.5 Å². The zero-order chi connectivity index (χ0) is 29.5. The minimum absolute atomic E-state index is 0.0384. The Morgan fingerprint density at radius 2 is 1.86 bits per heavy atom. The molecule has 42 heavy (non-hydrogen) atoms. The Hall–Kier alpha value is -3.96. The monoisotopic (exact) mass is 608 g/mol. The van der Waals surface area contributed by atoms with E-state index < -0.39 is 0 Å². The lowest BCUT2D eigenvalue weighted by molar-refractivity contribution is -0.384. The first kappa shape index (κ1) is 28.2. The van der Waals surface area contributed by atoms with Crippen LogP contribution in [0.1, 0.15) is 41.9 Å². The third-order valence-corrected chi connectivity index (χ3v) is 8.67. The molecule has 0 aliphatic carbocycles. The van der Waals surface area contributed by atoms with Gasteiger partial charge in [0.25, 0.3) is 11.6 Å². The number of anilines is 1. The highest BCUT2D eigenvalue weighted by atomic mass is 35.5. The minimum Gasteiger partial charge on any atom is -0.365 e. The van der Waals surface area contributed by atoms with Crippen LogP contribution in [0, 0.1) is 22.0 Å². The summed E-state index contributed by atoms with van der Waals surface area (Å²) in [7, 11) is 0. The number of halogens is 2. The van der Waals surface area contributed by atoms with Crippen LogP contribution in [-0.2, 0) is 19.6 Å². The highest BCUT2D eigenvalue weighted by Gasteiger charge is 2.30. The van der Waals surface area contributed by atoms with E-state index in [0.29, 0.717) is 65.0 Å². The molecule has 2 aromatic carbocycles. The van der Waals surface area contributed by atoms with Crippen LogP contribution in [-0.4, -0.2) is 60.1 Å². The molecule has 0 saturated carbocycles. The zero-order valence-electron chi connectivity index (χ0n) is 23.3. The molecular weight excluding hydrogens is 579 g/mol. The lowest BCUT2D eigenvalue weighted by Crippen LogP contribution is -2.39. The largest absolute Gasteiger partial charge is 0.365 e. The van der Waals surface area contributed by atoms with E-state index in [4.69, 9.17) is 23.2 Å². The lowest BCUT2D eigenvalue weighted by atomic mass is 9.91. The fourth-order valence-corrected chi connectivity index (χ4v) is 6.39. The predicted molar refractivity (Wildman–Crippen MR) is 160 cm³/mol. The van der Waals surface area contributed by atoms with Crippen molar-refractivity contribution in [3.63, 3.8) is 0 Å². The topological polar surface area (TPSA) is 115 Å². The number of piperidine rings is 1. The number of rotatable bonds is 6. The summed E-state index contributed by atoms with van der Waals surface area (Å²) in [6, 6.07) is 10.3. The van der Waals surface area contributed by atoms with Crippen molar-refractivity contribution in [2.24, 2.45) is 11.8 Å². The minimum atomic E-state index is -0.388. The average molecular weight is 610 g/mol. The Labute approximate surface area is 252 Å². The number of amides is 1. The number of nitro groups is 1. The van der Waals surface area contributed by atoms with E-state index in [9.17, 15) is 14.9 Å². The maximum Gasteiger partial charge on any atom is 0.293 e. The molecule has 2 aliphatic rings. The van der Waals surface area contributed by atoms with Gasteiger partial charge < -0.3 is 9.80 Å². The van der Waals surface area contributed by atoms with Gasteiger partial charge in [0.15, 0.2) is 0 Å². The van der Waals surface area contributed by atoms with E-state index in [1.807, 2.05) is 16.9 Å². The zero-order valence-corrected chi connectivity index (χ0v) is 24.8. The maximum absolute atomic E-state index is 13.6. The fourth-order valence-electron chi connectivity index (χ4n) is 6.07. The molecule has 218 valence electrons. The summed E-state index contributed by atoms with van der Waals surface area (Å²) in [4.78, 5) is 29.1. The molecule has 6 rings (SSSR count). The predicted octanol–water partition coefficient (Wildman–Crippen LogP) is 5.54. The van der Waals surface area contributed by atoms with Gasteiger partial charge in [0, 0.05) is 36.8 Å². The molecule has 4 aromatic rings. The van der Waals surface area contributed by atoms with E-state index in [0.717, 1.165) is 36.3 Å². The van der Waals surface area contributed by atoms with Crippen LogP contribution >= 0.6 is 23.2 Å². The molecule has 4 heterocycles. The van der Waals surface area contributed by atoms with Crippen molar-refractivity contribution in [1.29, 1.82) is 0 Å². The molecular formula is C29H30Cl2N8O3. The first-order valence-corrected chi connectivity index (χ1v) is 14.6. The van der Waals surface area contributed by atoms with Gasteiger partial charge in [-0.05, 0) is 48.1 Å². The van der Waals surface area contributed by atoms with E-state index in [1.165, 1.54) is 6.07 Å². The first-order chi connectivity index (χ1) is 20.2. The van der Waals surface area contributed by atoms with Crippen LogP contribution in [0.5, 0.6) is 0 Å². The fraction of sp³-hybridized carbons (Fsp3) is 0.379. The summed E-state index contributed by atoms with van der Waals surface area (Å²) in [5.41, 5.74) is 4.00. The van der Waals surface area contributed by atoms with Gasteiger partial charge in [-0.15, -0.1) is 5.10 Å². The van der Waals surface area contributed by atoms with Gasteiger partial charge in [0.2, 0.25) is 0 Å². The first-order valence-electron chi connectivity index (χ1n) is 13.9. The van der Waals surface area contributed by atoms with E-state index in [2.05, 4.69) is 34.2 Å².